The number of fused-ring (bicyclic) bond motifs is 1. The first-order valence-electron chi connectivity index (χ1n) is 6.71. The molecule has 2 rings (SSSR count). The Labute approximate surface area is 117 Å². The van der Waals surface area contributed by atoms with Gasteiger partial charge in [-0.1, -0.05) is 13.8 Å². The number of nitrogens with two attached hydrogens (primary N) is 1. The van der Waals surface area contributed by atoms with Crippen molar-refractivity contribution in [3.63, 3.8) is 0 Å². The molecule has 20 heavy (non-hydrogen) atoms. The zero-order chi connectivity index (χ0) is 14.5. The first-order valence-corrected chi connectivity index (χ1v) is 6.71. The van der Waals surface area contributed by atoms with Gasteiger partial charge in [0.2, 0.25) is 5.91 Å². The summed E-state index contributed by atoms with van der Waals surface area (Å²) in [6.07, 6.45) is 0.383. The molecule has 0 saturated heterocycles. The quantitative estimate of drug-likeness (QED) is 0.701. The van der Waals surface area contributed by atoms with E-state index < -0.39 is 0 Å². The largest absolute Gasteiger partial charge is 0.424 e. The second-order valence-corrected chi connectivity index (χ2v) is 5.12. The Morgan fingerprint density at radius 3 is 3.00 bits per heavy atom. The lowest BCUT2D eigenvalue weighted by Gasteiger charge is -2.07. The Kier molecular flexibility index (Phi) is 4.45. The lowest BCUT2D eigenvalue weighted by atomic mass is 10.2. The third-order valence-electron chi connectivity index (χ3n) is 2.75. The highest BCUT2D eigenvalue weighted by Gasteiger charge is 2.07. The average Bonchev–Trinajstić information content (AvgIpc) is 2.78. The van der Waals surface area contributed by atoms with Gasteiger partial charge in [0.25, 0.3) is 6.01 Å². The van der Waals surface area contributed by atoms with E-state index in [4.69, 9.17) is 10.2 Å². The van der Waals surface area contributed by atoms with Crippen molar-refractivity contribution in [1.82, 2.24) is 10.3 Å². The monoisotopic (exact) mass is 276 g/mol. The van der Waals surface area contributed by atoms with E-state index in [1.165, 1.54) is 0 Å². The Balaban J connectivity index is 1.82. The van der Waals surface area contributed by atoms with Crippen molar-refractivity contribution in [1.29, 1.82) is 0 Å². The van der Waals surface area contributed by atoms with Crippen LogP contribution in [0.1, 0.15) is 20.3 Å². The SMILES string of the molecule is CC(C)CNC(=O)CCNc1nc2cc(N)ccc2o1. The van der Waals surface area contributed by atoms with Gasteiger partial charge in [0.15, 0.2) is 5.58 Å². The highest BCUT2D eigenvalue weighted by Crippen LogP contribution is 2.20. The predicted molar refractivity (Wildman–Crippen MR) is 79.4 cm³/mol. The van der Waals surface area contributed by atoms with Crippen molar-refractivity contribution in [2.45, 2.75) is 20.3 Å². The van der Waals surface area contributed by atoms with Crippen LogP contribution in [0.25, 0.3) is 11.1 Å². The summed E-state index contributed by atoms with van der Waals surface area (Å²) in [6, 6.07) is 5.69. The number of aromatic nitrogens is 1. The molecule has 108 valence electrons. The summed E-state index contributed by atoms with van der Waals surface area (Å²) in [6.45, 7) is 5.29. The second-order valence-electron chi connectivity index (χ2n) is 5.12. The molecule has 0 aliphatic heterocycles. The molecular weight excluding hydrogens is 256 g/mol. The highest BCUT2D eigenvalue weighted by atomic mass is 16.4. The van der Waals surface area contributed by atoms with Crippen LogP contribution in [0.5, 0.6) is 0 Å². The molecule has 1 aromatic carbocycles. The Morgan fingerprint density at radius 1 is 1.45 bits per heavy atom. The van der Waals surface area contributed by atoms with Crippen LogP contribution in [0.4, 0.5) is 11.7 Å². The molecule has 6 nitrogen and oxygen atoms in total. The molecule has 0 saturated carbocycles. The number of rotatable bonds is 6. The van der Waals surface area contributed by atoms with Gasteiger partial charge in [0.05, 0.1) is 0 Å². The molecular formula is C14H20N4O2. The average molecular weight is 276 g/mol. The van der Waals surface area contributed by atoms with Crippen LogP contribution in [0, 0.1) is 5.92 Å². The molecule has 1 heterocycles. The van der Waals surface area contributed by atoms with E-state index in [1.807, 2.05) is 0 Å². The summed E-state index contributed by atoms with van der Waals surface area (Å²) in [5.41, 5.74) is 7.70. The summed E-state index contributed by atoms with van der Waals surface area (Å²) >= 11 is 0. The van der Waals surface area contributed by atoms with E-state index in [9.17, 15) is 4.79 Å². The van der Waals surface area contributed by atoms with Crippen LogP contribution in [-0.4, -0.2) is 24.0 Å². The summed E-state index contributed by atoms with van der Waals surface area (Å²) in [5.74, 6) is 0.473. The zero-order valence-corrected chi connectivity index (χ0v) is 11.8. The van der Waals surface area contributed by atoms with E-state index >= 15 is 0 Å². The molecule has 0 bridgehead atoms. The number of carbonyl (C=O) groups excluding carboxylic acids is 1. The fourth-order valence-corrected chi connectivity index (χ4v) is 1.71. The van der Waals surface area contributed by atoms with Crippen molar-refractivity contribution < 1.29 is 9.21 Å². The molecule has 1 aromatic heterocycles. The molecule has 1 amide bonds. The maximum Gasteiger partial charge on any atom is 0.295 e. The number of nitrogens with zero attached hydrogens (tertiary/aromatic N) is 1. The van der Waals surface area contributed by atoms with Gasteiger partial charge in [-0.15, -0.1) is 0 Å². The zero-order valence-electron chi connectivity index (χ0n) is 11.8. The number of benzene rings is 1. The van der Waals surface area contributed by atoms with Gasteiger partial charge in [-0.3, -0.25) is 4.79 Å². The Hall–Kier alpha value is -2.24. The van der Waals surface area contributed by atoms with E-state index in [-0.39, 0.29) is 5.91 Å². The number of carbonyl (C=O) groups is 1. The molecule has 6 heteroatoms. The van der Waals surface area contributed by atoms with Crippen LogP contribution in [0.2, 0.25) is 0 Å². The van der Waals surface area contributed by atoms with Crippen molar-refractivity contribution in [3.8, 4) is 0 Å². The fourth-order valence-electron chi connectivity index (χ4n) is 1.71. The lowest BCUT2D eigenvalue weighted by molar-refractivity contribution is -0.120. The maximum absolute atomic E-state index is 11.5. The Morgan fingerprint density at radius 2 is 2.25 bits per heavy atom. The standard InChI is InChI=1S/C14H20N4O2/c1-9(2)8-17-13(19)5-6-16-14-18-11-7-10(15)3-4-12(11)20-14/h3-4,7,9H,5-6,8,15H2,1-2H3,(H,16,18)(H,17,19). The number of anilines is 2. The highest BCUT2D eigenvalue weighted by molar-refractivity contribution is 5.78. The summed E-state index contributed by atoms with van der Waals surface area (Å²) in [7, 11) is 0. The van der Waals surface area contributed by atoms with Gasteiger partial charge in [-0.2, -0.15) is 4.98 Å². The van der Waals surface area contributed by atoms with Crippen LogP contribution < -0.4 is 16.4 Å². The Bertz CT molecular complexity index is 592. The number of hydrogen-bond acceptors (Lipinski definition) is 5. The van der Waals surface area contributed by atoms with E-state index in [0.717, 1.165) is 0 Å². The summed E-state index contributed by atoms with van der Waals surface area (Å²) in [5, 5.41) is 5.85. The number of nitrogen functional groups attached to an aromatic ring is 1. The van der Waals surface area contributed by atoms with Crippen molar-refractivity contribution in [2.75, 3.05) is 24.1 Å². The van der Waals surface area contributed by atoms with Crippen LogP contribution in [-0.2, 0) is 4.79 Å². The summed E-state index contributed by atoms with van der Waals surface area (Å²) in [4.78, 5) is 15.8. The first-order chi connectivity index (χ1) is 9.54. The third-order valence-corrected chi connectivity index (χ3v) is 2.75. The van der Waals surface area contributed by atoms with E-state index in [1.54, 1.807) is 18.2 Å². The smallest absolute Gasteiger partial charge is 0.295 e. The molecule has 4 N–H and O–H groups in total. The van der Waals surface area contributed by atoms with Crippen molar-refractivity contribution in [3.05, 3.63) is 18.2 Å². The topological polar surface area (TPSA) is 93.2 Å². The molecule has 2 aromatic rings. The van der Waals surface area contributed by atoms with Crippen LogP contribution in [0.15, 0.2) is 22.6 Å². The normalized spacial score (nSPS) is 10.9. The molecule has 0 unspecified atom stereocenters. The van der Waals surface area contributed by atoms with Gasteiger partial charge in [0, 0.05) is 25.2 Å². The minimum Gasteiger partial charge on any atom is -0.424 e. The molecule has 0 spiro atoms. The number of amides is 1. The molecule has 0 atom stereocenters. The molecule has 0 aliphatic rings. The first kappa shape index (κ1) is 14.2. The minimum atomic E-state index is 0.0200. The fraction of sp³-hybridized carbons (Fsp3) is 0.429. The van der Waals surface area contributed by atoms with Gasteiger partial charge in [0.1, 0.15) is 5.52 Å². The van der Waals surface area contributed by atoms with Crippen LogP contribution in [0.3, 0.4) is 0 Å². The number of hydrogen-bond donors (Lipinski definition) is 3. The van der Waals surface area contributed by atoms with Crippen LogP contribution >= 0.6 is 0 Å². The number of oxazole rings is 1. The summed E-state index contributed by atoms with van der Waals surface area (Å²) < 4.78 is 5.49. The van der Waals surface area contributed by atoms with E-state index in [2.05, 4.69) is 29.5 Å². The predicted octanol–water partition coefficient (Wildman–Crippen LogP) is 1.98. The maximum atomic E-state index is 11.5. The molecule has 0 radical (unpaired) electrons. The minimum absolute atomic E-state index is 0.0200. The molecule has 0 aliphatic carbocycles. The number of nitrogens with one attached hydrogen (secondary N) is 2. The van der Waals surface area contributed by atoms with Gasteiger partial charge < -0.3 is 20.8 Å². The van der Waals surface area contributed by atoms with Crippen molar-refractivity contribution in [2.24, 2.45) is 5.92 Å². The second kappa shape index (κ2) is 6.27. The van der Waals surface area contributed by atoms with Gasteiger partial charge in [-0.25, -0.2) is 0 Å². The third kappa shape index (κ3) is 3.88. The van der Waals surface area contributed by atoms with Crippen molar-refractivity contribution >= 4 is 28.7 Å². The van der Waals surface area contributed by atoms with Gasteiger partial charge >= 0.3 is 0 Å². The molecule has 0 fully saturated rings. The lowest BCUT2D eigenvalue weighted by Crippen LogP contribution is -2.28. The van der Waals surface area contributed by atoms with Gasteiger partial charge in [-0.05, 0) is 24.1 Å². The van der Waals surface area contributed by atoms with E-state index in [0.29, 0.717) is 48.2 Å².